The van der Waals surface area contributed by atoms with Crippen LogP contribution in [0.15, 0.2) is 79.0 Å². The molecule has 7 nitrogen and oxygen atoms in total. The predicted molar refractivity (Wildman–Crippen MR) is 112 cm³/mol. The van der Waals surface area contributed by atoms with Crippen LogP contribution in [0.25, 0.3) is 16.5 Å². The molecule has 0 unspecified atom stereocenters. The molecule has 0 fully saturated rings. The Bertz CT molecular complexity index is 1190. The van der Waals surface area contributed by atoms with E-state index in [0.29, 0.717) is 17.9 Å². The van der Waals surface area contributed by atoms with Gasteiger partial charge in [-0.2, -0.15) is 5.10 Å². The van der Waals surface area contributed by atoms with Gasteiger partial charge in [0.2, 0.25) is 0 Å². The van der Waals surface area contributed by atoms with Gasteiger partial charge in [0, 0.05) is 30.3 Å². The Morgan fingerprint density at radius 3 is 2.48 bits per heavy atom. The third kappa shape index (κ3) is 3.45. The minimum Gasteiger partial charge on any atom is -0.307 e. The van der Waals surface area contributed by atoms with Gasteiger partial charge in [0.1, 0.15) is 0 Å². The summed E-state index contributed by atoms with van der Waals surface area (Å²) in [5.41, 5.74) is 1.78. The summed E-state index contributed by atoms with van der Waals surface area (Å²) < 4.78 is 1.54. The van der Waals surface area contributed by atoms with E-state index < -0.39 is 4.92 Å². The van der Waals surface area contributed by atoms with Crippen molar-refractivity contribution in [3.63, 3.8) is 0 Å². The number of carbonyl (C=O) groups is 1. The second-order valence-electron chi connectivity index (χ2n) is 6.47. The fourth-order valence-electron chi connectivity index (χ4n) is 3.31. The Hall–Kier alpha value is -4.00. The van der Waals surface area contributed by atoms with Gasteiger partial charge in [0.05, 0.1) is 16.3 Å². The van der Waals surface area contributed by atoms with Gasteiger partial charge < -0.3 is 4.90 Å². The number of nitro benzene ring substituents is 1. The van der Waals surface area contributed by atoms with Gasteiger partial charge in [-0.15, -0.1) is 0 Å². The highest BCUT2D eigenvalue weighted by Gasteiger charge is 2.20. The normalized spacial score (nSPS) is 10.8. The number of hydrogen-bond acceptors (Lipinski definition) is 4. The number of non-ortho nitro benzene ring substituents is 1. The molecule has 0 aliphatic heterocycles. The molecule has 4 rings (SSSR count). The number of nitro groups is 1. The van der Waals surface area contributed by atoms with Gasteiger partial charge >= 0.3 is 0 Å². The van der Waals surface area contributed by atoms with E-state index in [1.165, 1.54) is 16.8 Å². The van der Waals surface area contributed by atoms with E-state index in [1.54, 1.807) is 29.3 Å². The highest BCUT2D eigenvalue weighted by molar-refractivity contribution is 6.09. The third-order valence-corrected chi connectivity index (χ3v) is 4.75. The number of nitrogens with zero attached hydrogens (tertiary/aromatic N) is 4. The first kappa shape index (κ1) is 18.4. The molecule has 1 amide bonds. The van der Waals surface area contributed by atoms with E-state index in [0.717, 1.165) is 16.5 Å². The number of fused-ring (bicyclic) bond motifs is 1. The second-order valence-corrected chi connectivity index (χ2v) is 6.47. The van der Waals surface area contributed by atoms with Gasteiger partial charge in [0.15, 0.2) is 5.69 Å². The largest absolute Gasteiger partial charge is 0.307 e. The number of carbonyl (C=O) groups excluding carboxylic acids is 1. The van der Waals surface area contributed by atoms with Crippen LogP contribution < -0.4 is 4.90 Å². The molecule has 29 heavy (non-hydrogen) atoms. The summed E-state index contributed by atoms with van der Waals surface area (Å²) in [6, 6.07) is 21.5. The van der Waals surface area contributed by atoms with E-state index >= 15 is 0 Å². The lowest BCUT2D eigenvalue weighted by Gasteiger charge is -2.22. The highest BCUT2D eigenvalue weighted by atomic mass is 16.6. The first-order valence-corrected chi connectivity index (χ1v) is 9.18. The summed E-state index contributed by atoms with van der Waals surface area (Å²) in [7, 11) is 0. The van der Waals surface area contributed by atoms with Crippen LogP contribution in [-0.4, -0.2) is 27.2 Å². The van der Waals surface area contributed by atoms with E-state index in [-0.39, 0.29) is 11.6 Å². The molecular weight excluding hydrogens is 368 g/mol. The summed E-state index contributed by atoms with van der Waals surface area (Å²) in [4.78, 5) is 25.2. The fraction of sp³-hybridized carbons (Fsp3) is 0.0909. The zero-order valence-corrected chi connectivity index (χ0v) is 15.7. The highest BCUT2D eigenvalue weighted by Crippen LogP contribution is 2.27. The lowest BCUT2D eigenvalue weighted by atomic mass is 10.1. The van der Waals surface area contributed by atoms with Gasteiger partial charge in [-0.25, -0.2) is 4.68 Å². The van der Waals surface area contributed by atoms with Crippen molar-refractivity contribution in [2.75, 3.05) is 11.4 Å². The molecule has 0 spiro atoms. The lowest BCUT2D eigenvalue weighted by molar-refractivity contribution is -0.384. The van der Waals surface area contributed by atoms with E-state index in [1.807, 2.05) is 49.4 Å². The fourth-order valence-corrected chi connectivity index (χ4v) is 3.31. The van der Waals surface area contributed by atoms with Gasteiger partial charge in [-0.3, -0.25) is 14.9 Å². The SMILES string of the molecule is CCN(C(=O)c1ccn(-c2ccc([N+](=O)[O-])cc2)n1)c1cccc2ccccc12. The molecular formula is C22H18N4O3. The summed E-state index contributed by atoms with van der Waals surface area (Å²) in [5.74, 6) is -0.204. The molecule has 0 bridgehead atoms. The molecule has 0 radical (unpaired) electrons. The van der Waals surface area contributed by atoms with Gasteiger partial charge in [0.25, 0.3) is 11.6 Å². The molecule has 1 heterocycles. The molecule has 1 aromatic heterocycles. The van der Waals surface area contributed by atoms with Crippen LogP contribution in [0, 0.1) is 10.1 Å². The molecule has 0 saturated heterocycles. The molecule has 4 aromatic rings. The van der Waals surface area contributed by atoms with Crippen molar-refractivity contribution in [3.05, 3.63) is 94.8 Å². The van der Waals surface area contributed by atoms with Crippen molar-refractivity contribution in [2.24, 2.45) is 0 Å². The maximum absolute atomic E-state index is 13.2. The lowest BCUT2D eigenvalue weighted by Crippen LogP contribution is -2.31. The average molecular weight is 386 g/mol. The molecule has 3 aromatic carbocycles. The Morgan fingerprint density at radius 2 is 1.76 bits per heavy atom. The van der Waals surface area contributed by atoms with Crippen molar-refractivity contribution in [2.45, 2.75) is 6.92 Å². The summed E-state index contributed by atoms with van der Waals surface area (Å²) >= 11 is 0. The maximum atomic E-state index is 13.2. The summed E-state index contributed by atoms with van der Waals surface area (Å²) in [5, 5.41) is 17.3. The molecule has 0 N–H and O–H groups in total. The van der Waals surface area contributed by atoms with Crippen LogP contribution in [0.3, 0.4) is 0 Å². The summed E-state index contributed by atoms with van der Waals surface area (Å²) in [6.45, 7) is 2.42. The number of aromatic nitrogens is 2. The zero-order chi connectivity index (χ0) is 20.4. The van der Waals surface area contributed by atoms with Crippen LogP contribution in [-0.2, 0) is 0 Å². The Morgan fingerprint density at radius 1 is 1.03 bits per heavy atom. The standard InChI is InChI=1S/C22H18N4O3/c1-2-24(21-9-5-7-16-6-3-4-8-19(16)21)22(27)20-14-15-25(23-20)17-10-12-18(13-11-17)26(28)29/h3-15H,2H2,1H3. The monoisotopic (exact) mass is 386 g/mol. The first-order valence-electron chi connectivity index (χ1n) is 9.18. The molecule has 7 heteroatoms. The molecule has 0 aliphatic carbocycles. The van der Waals surface area contributed by atoms with Crippen LogP contribution in [0.4, 0.5) is 11.4 Å². The quantitative estimate of drug-likeness (QED) is 0.371. The zero-order valence-electron chi connectivity index (χ0n) is 15.7. The number of amides is 1. The predicted octanol–water partition coefficient (Wildman–Crippen LogP) is 4.60. The van der Waals surface area contributed by atoms with Gasteiger partial charge in [-0.1, -0.05) is 36.4 Å². The second kappa shape index (κ2) is 7.55. The first-order chi connectivity index (χ1) is 14.1. The maximum Gasteiger partial charge on any atom is 0.278 e. The van der Waals surface area contributed by atoms with Crippen molar-refractivity contribution < 1.29 is 9.72 Å². The minimum absolute atomic E-state index is 0.00493. The topological polar surface area (TPSA) is 81.3 Å². The van der Waals surface area contributed by atoms with E-state index in [9.17, 15) is 14.9 Å². The Kier molecular flexibility index (Phi) is 4.78. The number of rotatable bonds is 5. The van der Waals surface area contributed by atoms with Crippen LogP contribution in [0.5, 0.6) is 0 Å². The van der Waals surface area contributed by atoms with Crippen LogP contribution in [0.1, 0.15) is 17.4 Å². The minimum atomic E-state index is -0.453. The van der Waals surface area contributed by atoms with E-state index in [2.05, 4.69) is 5.10 Å². The third-order valence-electron chi connectivity index (χ3n) is 4.75. The molecule has 0 atom stereocenters. The van der Waals surface area contributed by atoms with Gasteiger partial charge in [-0.05, 0) is 36.6 Å². The van der Waals surface area contributed by atoms with Crippen molar-refractivity contribution >= 4 is 28.1 Å². The van der Waals surface area contributed by atoms with Crippen molar-refractivity contribution in [1.82, 2.24) is 9.78 Å². The van der Waals surface area contributed by atoms with Crippen molar-refractivity contribution in [1.29, 1.82) is 0 Å². The molecule has 0 saturated carbocycles. The number of hydrogen-bond donors (Lipinski definition) is 0. The van der Waals surface area contributed by atoms with E-state index in [4.69, 9.17) is 0 Å². The van der Waals surface area contributed by atoms with Crippen LogP contribution in [0.2, 0.25) is 0 Å². The Balaban J connectivity index is 1.66. The van der Waals surface area contributed by atoms with Crippen LogP contribution >= 0.6 is 0 Å². The number of anilines is 1. The average Bonchev–Trinajstić information content (AvgIpc) is 3.25. The molecule has 144 valence electrons. The van der Waals surface area contributed by atoms with Crippen molar-refractivity contribution in [3.8, 4) is 5.69 Å². The Labute approximate surface area is 167 Å². The molecule has 0 aliphatic rings. The number of benzene rings is 3. The summed E-state index contributed by atoms with van der Waals surface area (Å²) in [6.07, 6.45) is 1.67. The smallest absolute Gasteiger partial charge is 0.278 e.